The molecule has 54 heavy (non-hydrogen) atoms. The van der Waals surface area contributed by atoms with Crippen molar-refractivity contribution in [1.29, 1.82) is 0 Å². The Bertz CT molecular complexity index is 1060. The van der Waals surface area contributed by atoms with E-state index in [2.05, 4.69) is 54.8 Å². The number of aliphatic carboxylic acids is 1. The molecule has 0 heterocycles. The molecule has 0 aliphatic rings. The van der Waals surface area contributed by atoms with Gasteiger partial charge in [0.15, 0.2) is 6.10 Å². The number of esters is 2. The van der Waals surface area contributed by atoms with Crippen LogP contribution in [0.3, 0.4) is 0 Å². The minimum Gasteiger partial charge on any atom is -0.480 e. The highest BCUT2D eigenvalue weighted by molar-refractivity contribution is 7.47. The minimum atomic E-state index is -4.72. The van der Waals surface area contributed by atoms with Crippen molar-refractivity contribution in [3.05, 3.63) is 36.5 Å². The Labute approximate surface area is 327 Å². The van der Waals surface area contributed by atoms with E-state index in [0.717, 1.165) is 70.6 Å². The maximum absolute atomic E-state index is 12.6. The summed E-state index contributed by atoms with van der Waals surface area (Å²) >= 11 is 0. The van der Waals surface area contributed by atoms with Crippen LogP contribution < -0.4 is 5.73 Å². The Morgan fingerprint density at radius 3 is 1.56 bits per heavy atom. The maximum Gasteiger partial charge on any atom is 0.472 e. The molecule has 0 radical (unpaired) electrons. The van der Waals surface area contributed by atoms with Crippen molar-refractivity contribution in [2.75, 3.05) is 19.8 Å². The van der Waals surface area contributed by atoms with Crippen molar-refractivity contribution >= 4 is 25.7 Å². The van der Waals surface area contributed by atoms with Crippen LogP contribution in [0.15, 0.2) is 36.5 Å². The predicted octanol–water partition coefficient (Wildman–Crippen LogP) is 10.8. The van der Waals surface area contributed by atoms with Crippen LogP contribution in [-0.2, 0) is 37.5 Å². The summed E-state index contributed by atoms with van der Waals surface area (Å²) in [6.07, 6.45) is 39.2. The first-order valence-corrected chi connectivity index (χ1v) is 22.5. The molecule has 0 bridgehead atoms. The number of rotatable bonds is 39. The zero-order valence-corrected chi connectivity index (χ0v) is 34.7. The number of hydrogen-bond acceptors (Lipinski definition) is 9. The van der Waals surface area contributed by atoms with Crippen molar-refractivity contribution in [2.24, 2.45) is 5.73 Å². The van der Waals surface area contributed by atoms with Crippen molar-refractivity contribution < 1.29 is 47.5 Å². The molecule has 0 aliphatic heterocycles. The van der Waals surface area contributed by atoms with Crippen LogP contribution in [0, 0.1) is 0 Å². The number of phosphoric acid groups is 1. The third-order valence-electron chi connectivity index (χ3n) is 8.90. The molecule has 0 amide bonds. The lowest BCUT2D eigenvalue weighted by molar-refractivity contribution is -0.161. The molecule has 12 heteroatoms. The van der Waals surface area contributed by atoms with Crippen LogP contribution in [0.25, 0.3) is 0 Å². The highest BCUT2D eigenvalue weighted by Gasteiger charge is 2.28. The van der Waals surface area contributed by atoms with E-state index < -0.39 is 51.1 Å². The highest BCUT2D eigenvalue weighted by Crippen LogP contribution is 2.43. The Morgan fingerprint density at radius 2 is 1.04 bits per heavy atom. The number of phosphoric ester groups is 1. The van der Waals surface area contributed by atoms with Crippen LogP contribution in [-0.4, -0.2) is 59.9 Å². The molecule has 314 valence electrons. The molecule has 3 atom stereocenters. The van der Waals surface area contributed by atoms with E-state index in [0.29, 0.717) is 12.8 Å². The molecule has 0 spiro atoms. The number of hydrogen-bond donors (Lipinski definition) is 3. The zero-order valence-electron chi connectivity index (χ0n) is 33.8. The second-order valence-corrected chi connectivity index (χ2v) is 15.6. The Hall–Kier alpha value is -2.30. The van der Waals surface area contributed by atoms with Gasteiger partial charge in [0.05, 0.1) is 13.2 Å². The molecule has 1 unspecified atom stereocenters. The van der Waals surface area contributed by atoms with Crippen molar-refractivity contribution in [2.45, 2.75) is 193 Å². The average Bonchev–Trinajstić information content (AvgIpc) is 3.14. The fraction of sp³-hybridized carbons (Fsp3) is 0.786. The van der Waals surface area contributed by atoms with Gasteiger partial charge in [-0.1, -0.05) is 159 Å². The van der Waals surface area contributed by atoms with Crippen molar-refractivity contribution in [3.63, 3.8) is 0 Å². The van der Waals surface area contributed by atoms with Gasteiger partial charge in [0.25, 0.3) is 0 Å². The summed E-state index contributed by atoms with van der Waals surface area (Å²) in [5, 5.41) is 8.88. The average molecular weight is 786 g/mol. The topological polar surface area (TPSA) is 172 Å². The Morgan fingerprint density at radius 1 is 0.593 bits per heavy atom. The van der Waals surface area contributed by atoms with Gasteiger partial charge < -0.3 is 25.2 Å². The summed E-state index contributed by atoms with van der Waals surface area (Å²) in [4.78, 5) is 45.9. The number of carbonyl (C=O) groups is 3. The molecule has 0 saturated heterocycles. The minimum absolute atomic E-state index is 0.143. The largest absolute Gasteiger partial charge is 0.480 e. The lowest BCUT2D eigenvalue weighted by Crippen LogP contribution is -2.34. The van der Waals surface area contributed by atoms with Gasteiger partial charge in [-0.2, -0.15) is 0 Å². The number of carboxylic acid groups (broad SMARTS) is 1. The van der Waals surface area contributed by atoms with Crippen LogP contribution in [0.4, 0.5) is 0 Å². The lowest BCUT2D eigenvalue weighted by atomic mass is 10.0. The number of carboxylic acids is 1. The molecule has 0 aromatic heterocycles. The fourth-order valence-electron chi connectivity index (χ4n) is 5.61. The number of ether oxygens (including phenoxy) is 2. The number of nitrogens with two attached hydrogens (primary N) is 1. The molecule has 0 rings (SSSR count). The van der Waals surface area contributed by atoms with Crippen molar-refractivity contribution in [1.82, 2.24) is 0 Å². The predicted molar refractivity (Wildman–Crippen MR) is 217 cm³/mol. The Balaban J connectivity index is 4.40. The van der Waals surface area contributed by atoms with E-state index in [9.17, 15) is 23.8 Å². The second kappa shape index (κ2) is 37.6. The summed E-state index contributed by atoms with van der Waals surface area (Å²) in [5.74, 6) is -2.40. The molecule has 0 aliphatic carbocycles. The van der Waals surface area contributed by atoms with Gasteiger partial charge in [0, 0.05) is 12.8 Å². The SMILES string of the molecule is CCC=CCC=CCC=CCCCCCCCC(=O)O[C@H](COC(=O)CCCCCCCCCCCCCCCCC)COP(=O)(O)OC[C@H](N)C(=O)O. The van der Waals surface area contributed by atoms with Gasteiger partial charge in [-0.3, -0.25) is 23.4 Å². The van der Waals surface area contributed by atoms with E-state index in [1.54, 1.807) is 0 Å². The molecule has 4 N–H and O–H groups in total. The number of unbranched alkanes of at least 4 members (excludes halogenated alkanes) is 19. The van der Waals surface area contributed by atoms with Gasteiger partial charge in [0.1, 0.15) is 12.6 Å². The van der Waals surface area contributed by atoms with Gasteiger partial charge in [-0.05, 0) is 44.9 Å². The molecule has 0 aromatic carbocycles. The standard InChI is InChI=1S/C42H76NO10P/c1-3-5-7-9-11-13-15-17-19-21-23-25-27-29-31-33-40(44)50-35-38(36-51-54(48,49)52-37-39(43)42(46)47)53-41(45)34-32-30-28-26-24-22-20-18-16-14-12-10-8-6-4-2/h6,8,12,14,18,20,38-39H,3-5,7,9-11,13,15-17,19,21-37,43H2,1-2H3,(H,46,47)(H,48,49)/t38-,39+/m1/s1. The summed E-state index contributed by atoms with van der Waals surface area (Å²) < 4.78 is 32.6. The maximum atomic E-state index is 12.6. The van der Waals surface area contributed by atoms with Crippen LogP contribution in [0.1, 0.15) is 181 Å². The zero-order chi connectivity index (χ0) is 40.0. The van der Waals surface area contributed by atoms with E-state index in [1.165, 1.54) is 70.6 Å². The molecular formula is C42H76NO10P. The summed E-state index contributed by atoms with van der Waals surface area (Å²) in [6.45, 7) is 2.67. The molecule has 0 fully saturated rings. The van der Waals surface area contributed by atoms with Crippen molar-refractivity contribution in [3.8, 4) is 0 Å². The van der Waals surface area contributed by atoms with Gasteiger partial charge >= 0.3 is 25.7 Å². The quantitative estimate of drug-likeness (QED) is 0.0234. The molecule has 0 aromatic rings. The van der Waals surface area contributed by atoms with Gasteiger partial charge in [-0.25, -0.2) is 4.57 Å². The third-order valence-corrected chi connectivity index (χ3v) is 9.85. The number of allylic oxidation sites excluding steroid dienone is 6. The summed E-state index contributed by atoms with van der Waals surface area (Å²) in [5.41, 5.74) is 5.33. The van der Waals surface area contributed by atoms with Crippen LogP contribution in [0.2, 0.25) is 0 Å². The summed E-state index contributed by atoms with van der Waals surface area (Å²) in [7, 11) is -4.72. The lowest BCUT2D eigenvalue weighted by Gasteiger charge is -2.20. The highest BCUT2D eigenvalue weighted by atomic mass is 31.2. The van der Waals surface area contributed by atoms with E-state index in [4.69, 9.17) is 24.8 Å². The van der Waals surface area contributed by atoms with Crippen LogP contribution >= 0.6 is 7.82 Å². The third kappa shape index (κ3) is 36.7. The second-order valence-electron chi connectivity index (χ2n) is 14.1. The fourth-order valence-corrected chi connectivity index (χ4v) is 6.39. The van der Waals surface area contributed by atoms with Gasteiger partial charge in [-0.15, -0.1) is 0 Å². The first-order valence-electron chi connectivity index (χ1n) is 21.0. The first kappa shape index (κ1) is 51.7. The van der Waals surface area contributed by atoms with Crippen LogP contribution in [0.5, 0.6) is 0 Å². The first-order chi connectivity index (χ1) is 26.1. The Kier molecular flexibility index (Phi) is 36.0. The monoisotopic (exact) mass is 786 g/mol. The summed E-state index contributed by atoms with van der Waals surface area (Å²) in [6, 6.07) is -1.52. The van der Waals surface area contributed by atoms with E-state index in [-0.39, 0.29) is 19.4 Å². The molecular weight excluding hydrogens is 709 g/mol. The van der Waals surface area contributed by atoms with E-state index in [1.807, 2.05) is 0 Å². The molecule has 0 saturated carbocycles. The van der Waals surface area contributed by atoms with E-state index >= 15 is 0 Å². The van der Waals surface area contributed by atoms with Gasteiger partial charge in [0.2, 0.25) is 0 Å². The smallest absolute Gasteiger partial charge is 0.472 e. The normalized spacial score (nSPS) is 14.1. The molecule has 11 nitrogen and oxygen atoms in total. The number of carbonyl (C=O) groups excluding carboxylic acids is 2.